The number of carbonyl (C=O) groups is 3. The maximum Gasteiger partial charge on any atom is 0.325 e. The van der Waals surface area contributed by atoms with Gasteiger partial charge in [-0.2, -0.15) is 0 Å². The molecule has 0 spiro atoms. The third-order valence-corrected chi connectivity index (χ3v) is 5.57. The largest absolute Gasteiger partial charge is 0.388 e. The van der Waals surface area contributed by atoms with E-state index in [0.717, 1.165) is 4.90 Å². The molecule has 0 saturated carbocycles. The maximum absolute atomic E-state index is 13.3. The van der Waals surface area contributed by atoms with Gasteiger partial charge >= 0.3 is 6.03 Å². The molecule has 4 amide bonds. The molecule has 3 heterocycles. The van der Waals surface area contributed by atoms with Gasteiger partial charge in [0.25, 0.3) is 5.92 Å². The number of halogens is 2. The van der Waals surface area contributed by atoms with Crippen LogP contribution in [0.1, 0.15) is 32.1 Å². The van der Waals surface area contributed by atoms with Gasteiger partial charge in [0.15, 0.2) is 0 Å². The summed E-state index contributed by atoms with van der Waals surface area (Å²) in [5, 5.41) is 13.0. The number of carbonyl (C=O) groups excluding carboxylic acids is 3. The zero-order chi connectivity index (χ0) is 19.7. The average Bonchev–Trinajstić information content (AvgIpc) is 2.78. The summed E-state index contributed by atoms with van der Waals surface area (Å²) in [5.41, 5.74) is -1.01. The Labute approximate surface area is 156 Å². The van der Waals surface area contributed by atoms with Gasteiger partial charge in [-0.25, -0.2) is 13.6 Å². The highest BCUT2D eigenvalue weighted by molar-refractivity contribution is 6.03. The summed E-state index contributed by atoms with van der Waals surface area (Å²) in [4.78, 5) is 39.9. The molecule has 3 aliphatic rings. The Bertz CT molecular complexity index is 608. The number of likely N-dealkylation sites (tertiary alicyclic amines) is 2. The lowest BCUT2D eigenvalue weighted by Crippen LogP contribution is -2.48. The Kier molecular flexibility index (Phi) is 5.66. The summed E-state index contributed by atoms with van der Waals surface area (Å²) >= 11 is 0. The molecule has 3 fully saturated rings. The number of β-amino-alcohol motifs (C(OH)–C–C–N with tert-alkyl or cyclic N) is 1. The Morgan fingerprint density at radius 2 is 1.78 bits per heavy atom. The van der Waals surface area contributed by atoms with E-state index in [0.29, 0.717) is 38.9 Å². The van der Waals surface area contributed by atoms with Crippen LogP contribution in [0.2, 0.25) is 0 Å². The van der Waals surface area contributed by atoms with E-state index in [-0.39, 0.29) is 44.9 Å². The number of rotatable bonds is 4. The third kappa shape index (κ3) is 5.13. The van der Waals surface area contributed by atoms with Crippen molar-refractivity contribution >= 4 is 17.8 Å². The van der Waals surface area contributed by atoms with E-state index in [1.54, 1.807) is 4.90 Å². The molecule has 1 atom stereocenters. The maximum atomic E-state index is 13.3. The van der Waals surface area contributed by atoms with Gasteiger partial charge in [-0.3, -0.25) is 14.9 Å². The van der Waals surface area contributed by atoms with E-state index in [1.807, 2.05) is 4.90 Å². The minimum absolute atomic E-state index is 0.123. The number of aliphatic hydroxyl groups is 1. The summed E-state index contributed by atoms with van der Waals surface area (Å²) in [6.45, 7) is 1.35. The fraction of sp³-hybridized carbons (Fsp3) is 0.824. The molecule has 3 aliphatic heterocycles. The highest BCUT2D eigenvalue weighted by Crippen LogP contribution is 2.30. The highest BCUT2D eigenvalue weighted by Gasteiger charge is 2.39. The van der Waals surface area contributed by atoms with Crippen molar-refractivity contribution in [3.05, 3.63) is 0 Å². The van der Waals surface area contributed by atoms with E-state index < -0.39 is 23.5 Å². The normalized spacial score (nSPS) is 29.6. The van der Waals surface area contributed by atoms with Gasteiger partial charge in [0.1, 0.15) is 13.1 Å². The second-order valence-electron chi connectivity index (χ2n) is 7.80. The molecule has 10 heteroatoms. The van der Waals surface area contributed by atoms with Crippen molar-refractivity contribution in [2.75, 3.05) is 45.8 Å². The number of alkyl halides is 2. The molecule has 3 saturated heterocycles. The second kappa shape index (κ2) is 7.67. The second-order valence-corrected chi connectivity index (χ2v) is 7.80. The predicted octanol–water partition coefficient (Wildman–Crippen LogP) is 0.0129. The molecule has 0 aromatic carbocycles. The Hall–Kier alpha value is -1.81. The first kappa shape index (κ1) is 19.9. The third-order valence-electron chi connectivity index (χ3n) is 5.57. The lowest BCUT2D eigenvalue weighted by atomic mass is 9.93. The standard InChI is InChI=1S/C17H26F2N4O4/c18-17(19)4-7-21(8-5-17)12-16(27)2-1-6-22(9-3-16)14(25)11-23-10-13(24)20-15(23)26/h27H,1-12H2,(H,20,24,26)/t16-/m1/s1. The van der Waals surface area contributed by atoms with Crippen LogP contribution in [-0.4, -0.2) is 95.0 Å². The first-order valence-electron chi connectivity index (χ1n) is 9.35. The molecule has 0 unspecified atom stereocenters. The zero-order valence-corrected chi connectivity index (χ0v) is 15.3. The first-order valence-corrected chi connectivity index (χ1v) is 9.35. The lowest BCUT2D eigenvalue weighted by Gasteiger charge is -2.37. The number of imide groups is 1. The van der Waals surface area contributed by atoms with Crippen LogP contribution in [0.25, 0.3) is 0 Å². The van der Waals surface area contributed by atoms with Gasteiger partial charge in [0.05, 0.1) is 5.60 Å². The molecule has 0 aliphatic carbocycles. The number of amides is 4. The van der Waals surface area contributed by atoms with E-state index in [9.17, 15) is 28.3 Å². The number of nitrogens with one attached hydrogen (secondary N) is 1. The van der Waals surface area contributed by atoms with Gasteiger partial charge in [0, 0.05) is 45.6 Å². The summed E-state index contributed by atoms with van der Waals surface area (Å²) < 4.78 is 26.6. The fourth-order valence-corrected chi connectivity index (χ4v) is 3.91. The van der Waals surface area contributed by atoms with Crippen molar-refractivity contribution in [2.45, 2.75) is 43.6 Å². The molecular weight excluding hydrogens is 362 g/mol. The topological polar surface area (TPSA) is 93.2 Å². The van der Waals surface area contributed by atoms with Crippen LogP contribution in [0, 0.1) is 0 Å². The lowest BCUT2D eigenvalue weighted by molar-refractivity contribution is -0.132. The summed E-state index contributed by atoms with van der Waals surface area (Å²) in [6.07, 6.45) is 1.06. The predicted molar refractivity (Wildman–Crippen MR) is 91.1 cm³/mol. The van der Waals surface area contributed by atoms with E-state index in [2.05, 4.69) is 5.32 Å². The number of piperidine rings is 1. The number of nitrogens with zero attached hydrogens (tertiary/aromatic N) is 3. The van der Waals surface area contributed by atoms with Crippen LogP contribution < -0.4 is 5.32 Å². The fourth-order valence-electron chi connectivity index (χ4n) is 3.91. The van der Waals surface area contributed by atoms with Gasteiger partial charge in [-0.05, 0) is 19.3 Å². The zero-order valence-electron chi connectivity index (χ0n) is 15.3. The molecule has 0 radical (unpaired) electrons. The summed E-state index contributed by atoms with van der Waals surface area (Å²) in [6, 6.07) is -0.568. The Morgan fingerprint density at radius 1 is 1.07 bits per heavy atom. The van der Waals surface area contributed by atoms with Crippen LogP contribution in [-0.2, 0) is 9.59 Å². The summed E-state index contributed by atoms with van der Waals surface area (Å²) in [7, 11) is 0. The van der Waals surface area contributed by atoms with Crippen molar-refractivity contribution in [1.82, 2.24) is 20.0 Å². The van der Waals surface area contributed by atoms with Crippen molar-refractivity contribution in [3.8, 4) is 0 Å². The van der Waals surface area contributed by atoms with Crippen LogP contribution in [0.3, 0.4) is 0 Å². The van der Waals surface area contributed by atoms with E-state index >= 15 is 0 Å². The van der Waals surface area contributed by atoms with Crippen molar-refractivity contribution < 1.29 is 28.3 Å². The van der Waals surface area contributed by atoms with Gasteiger partial charge in [0.2, 0.25) is 11.8 Å². The molecule has 0 aromatic rings. The van der Waals surface area contributed by atoms with Crippen molar-refractivity contribution in [3.63, 3.8) is 0 Å². The minimum Gasteiger partial charge on any atom is -0.388 e. The molecule has 2 N–H and O–H groups in total. The Balaban J connectivity index is 1.50. The Morgan fingerprint density at radius 3 is 2.41 bits per heavy atom. The molecule has 3 rings (SSSR count). The highest BCUT2D eigenvalue weighted by atomic mass is 19.3. The monoisotopic (exact) mass is 388 g/mol. The number of hydrogen-bond acceptors (Lipinski definition) is 5. The number of hydrogen-bond donors (Lipinski definition) is 2. The molecule has 0 aromatic heterocycles. The number of urea groups is 1. The van der Waals surface area contributed by atoms with Crippen LogP contribution in [0.15, 0.2) is 0 Å². The van der Waals surface area contributed by atoms with Crippen LogP contribution >= 0.6 is 0 Å². The van der Waals surface area contributed by atoms with Crippen molar-refractivity contribution in [1.29, 1.82) is 0 Å². The van der Waals surface area contributed by atoms with Gasteiger partial charge < -0.3 is 19.8 Å². The van der Waals surface area contributed by atoms with Gasteiger partial charge in [-0.15, -0.1) is 0 Å². The molecule has 8 nitrogen and oxygen atoms in total. The van der Waals surface area contributed by atoms with Crippen molar-refractivity contribution in [2.24, 2.45) is 0 Å². The van der Waals surface area contributed by atoms with Crippen LogP contribution in [0.4, 0.5) is 13.6 Å². The average molecular weight is 388 g/mol. The van der Waals surface area contributed by atoms with Crippen LogP contribution in [0.5, 0.6) is 0 Å². The molecule has 152 valence electrons. The smallest absolute Gasteiger partial charge is 0.325 e. The minimum atomic E-state index is -2.62. The quantitative estimate of drug-likeness (QED) is 0.662. The molecule has 0 bridgehead atoms. The van der Waals surface area contributed by atoms with E-state index in [1.165, 1.54) is 0 Å². The molecular formula is C17H26F2N4O4. The SMILES string of the molecule is O=C1CN(CC(=O)N2CCC[C@](O)(CN3CCC(F)(F)CC3)CC2)C(=O)N1. The summed E-state index contributed by atoms with van der Waals surface area (Å²) in [5.74, 6) is -3.30. The van der Waals surface area contributed by atoms with Gasteiger partial charge in [-0.1, -0.05) is 0 Å². The molecule has 27 heavy (non-hydrogen) atoms. The first-order chi connectivity index (χ1) is 12.7. The van der Waals surface area contributed by atoms with E-state index in [4.69, 9.17) is 0 Å².